The molecule has 1 amide bonds. The fraction of sp³-hybridized carbons (Fsp3) is 0.233. The van der Waals surface area contributed by atoms with Gasteiger partial charge in [0, 0.05) is 37.8 Å². The molecule has 1 atom stereocenters. The van der Waals surface area contributed by atoms with Crippen LogP contribution in [0.1, 0.15) is 22.0 Å². The van der Waals surface area contributed by atoms with E-state index >= 15 is 0 Å². The highest BCUT2D eigenvalue weighted by atomic mass is 127. The number of nitro groups is 1. The number of rotatable bonds is 10. The van der Waals surface area contributed by atoms with Crippen LogP contribution in [0.25, 0.3) is 0 Å². The second-order valence-corrected chi connectivity index (χ2v) is 12.0. The maximum atomic E-state index is 13.8. The third-order valence-corrected chi connectivity index (χ3v) is 9.22. The summed E-state index contributed by atoms with van der Waals surface area (Å²) in [5.74, 6) is 5.52. The Morgan fingerprint density at radius 1 is 1.15 bits per heavy atom. The van der Waals surface area contributed by atoms with Crippen molar-refractivity contribution in [2.45, 2.75) is 10.8 Å². The Morgan fingerprint density at radius 2 is 1.85 bits per heavy atom. The molecular weight excluding hydrogens is 745 g/mol. The van der Waals surface area contributed by atoms with Gasteiger partial charge in [-0.15, -0.1) is 5.53 Å². The summed E-state index contributed by atoms with van der Waals surface area (Å²) in [6.07, 6.45) is 1.52. The van der Waals surface area contributed by atoms with Crippen molar-refractivity contribution in [2.24, 2.45) is 16.0 Å². The molecule has 1 fully saturated rings. The zero-order valence-electron chi connectivity index (χ0n) is 25.2. The van der Waals surface area contributed by atoms with Gasteiger partial charge >= 0.3 is 0 Å². The summed E-state index contributed by atoms with van der Waals surface area (Å²) >= 11 is 8.70. The fourth-order valence-corrected chi connectivity index (χ4v) is 6.64. The lowest BCUT2D eigenvalue weighted by molar-refractivity contribution is -0.384. The number of para-hydroxylation sites is 1. The van der Waals surface area contributed by atoms with E-state index in [4.69, 9.17) is 27.1 Å². The number of hydrazine groups is 2. The molecule has 17 heteroatoms. The van der Waals surface area contributed by atoms with Crippen molar-refractivity contribution in [3.8, 4) is 5.75 Å². The second-order valence-electron chi connectivity index (χ2n) is 10.3. The number of hydrogen-bond acceptors (Lipinski definition) is 13. The van der Waals surface area contributed by atoms with Crippen molar-refractivity contribution in [2.75, 3.05) is 43.2 Å². The highest BCUT2D eigenvalue weighted by molar-refractivity contribution is 14.1. The number of allylic oxidation sites excluding steroid dienone is 1. The molecule has 0 aromatic heterocycles. The number of nitrogens with one attached hydrogen (secondary N) is 2. The minimum atomic E-state index is -0.662. The normalized spacial score (nSPS) is 16.0. The molecule has 5 rings (SSSR count). The van der Waals surface area contributed by atoms with Crippen molar-refractivity contribution in [3.63, 3.8) is 0 Å². The lowest BCUT2D eigenvalue weighted by atomic mass is 10.0. The largest absolute Gasteiger partial charge is 0.858 e. The lowest BCUT2D eigenvalue weighted by Crippen LogP contribution is -2.49. The Bertz CT molecular complexity index is 1750. The molecule has 3 aromatic carbocycles. The number of nitrogens with zero attached hydrogens (tertiary/aromatic N) is 6. The summed E-state index contributed by atoms with van der Waals surface area (Å²) in [6.45, 7) is 2.98. The molecule has 2 aliphatic heterocycles. The van der Waals surface area contributed by atoms with E-state index in [9.17, 15) is 20.0 Å². The van der Waals surface area contributed by atoms with Gasteiger partial charge in [-0.3, -0.25) is 19.9 Å². The Labute approximate surface area is 288 Å². The van der Waals surface area contributed by atoms with E-state index in [1.54, 1.807) is 48.2 Å². The van der Waals surface area contributed by atoms with Gasteiger partial charge < -0.3 is 24.5 Å². The number of carbonyl (C=O) groups excluding carboxylic acids is 1. The number of benzene rings is 3. The smallest absolute Gasteiger partial charge is 0.296 e. The number of hydrogen-bond donors (Lipinski definition) is 3. The standard InChI is InChI=1S/C30H31ClIN9O6/c1-18(47-33)27(28(32)21-5-3-4-6-26(21)46-2)30(43)39-13-11-38(12-14-39)24-16-23(25(41(44)45)15-22(24)31)35-29(42)19-7-9-20(10-8-19)40-17-34-36-37-40/h3-10,15-17,28,36-37H,11-14,33H2,1-2H3,(H,35,42)/p-1/b27-18+. The molecule has 0 saturated carbocycles. The molecular formula is C30H30ClIN9O6-. The minimum absolute atomic E-state index is 0.122. The van der Waals surface area contributed by atoms with E-state index < -0.39 is 20.4 Å². The number of halogens is 2. The van der Waals surface area contributed by atoms with Gasteiger partial charge in [-0.2, -0.15) is 11.0 Å². The van der Waals surface area contributed by atoms with Gasteiger partial charge in [0.25, 0.3) is 11.6 Å². The quantitative estimate of drug-likeness (QED) is 0.0401. The number of aliphatic imine (C=N–C) groups is 1. The molecule has 1 saturated heterocycles. The molecule has 1 unspecified atom stereocenters. The van der Waals surface area contributed by atoms with E-state index in [-0.39, 0.29) is 27.9 Å². The lowest BCUT2D eigenvalue weighted by Gasteiger charge is -2.37. The van der Waals surface area contributed by atoms with Crippen LogP contribution >= 0.6 is 34.2 Å². The van der Waals surface area contributed by atoms with Crippen LogP contribution < -0.4 is 36.7 Å². The number of methoxy groups -OCH3 is 1. The average molecular weight is 775 g/mol. The maximum Gasteiger partial charge on any atom is 0.296 e. The third kappa shape index (κ3) is 7.35. The van der Waals surface area contributed by atoms with E-state index in [1.165, 1.54) is 18.5 Å². The molecule has 47 heavy (non-hydrogen) atoms. The topological polar surface area (TPSA) is 186 Å². The van der Waals surface area contributed by atoms with Gasteiger partial charge in [-0.1, -0.05) is 64.5 Å². The molecule has 3 aromatic rings. The van der Waals surface area contributed by atoms with E-state index in [1.807, 2.05) is 29.2 Å². The summed E-state index contributed by atoms with van der Waals surface area (Å²) in [5, 5.41) is 30.5. The average Bonchev–Trinajstić information content (AvgIpc) is 3.64. The van der Waals surface area contributed by atoms with Crippen LogP contribution in [-0.2, 0) is 9.63 Å². The van der Waals surface area contributed by atoms with Crippen molar-refractivity contribution >= 4 is 75.1 Å². The highest BCUT2D eigenvalue weighted by Gasteiger charge is 2.32. The molecule has 0 spiro atoms. The molecule has 15 nitrogen and oxygen atoms in total. The van der Waals surface area contributed by atoms with E-state index in [0.717, 1.165) is 5.56 Å². The monoisotopic (exact) mass is 774 g/mol. The minimum Gasteiger partial charge on any atom is -0.858 e. The van der Waals surface area contributed by atoms with Crippen LogP contribution in [0, 0.1) is 10.1 Å². The van der Waals surface area contributed by atoms with Crippen molar-refractivity contribution in [3.05, 3.63) is 98.3 Å². The summed E-state index contributed by atoms with van der Waals surface area (Å²) in [4.78, 5) is 37.8. The number of carbonyl (C=O) groups is 1. The van der Waals surface area contributed by atoms with Crippen molar-refractivity contribution < 1.29 is 24.4 Å². The first-order chi connectivity index (χ1) is 22.6. The second kappa shape index (κ2) is 14.8. The van der Waals surface area contributed by atoms with Gasteiger partial charge in [-0.25, -0.2) is 10.5 Å². The van der Waals surface area contributed by atoms with E-state index in [0.29, 0.717) is 48.9 Å². The van der Waals surface area contributed by atoms with Crippen LogP contribution in [0.15, 0.2) is 82.1 Å². The number of anilines is 2. The summed E-state index contributed by atoms with van der Waals surface area (Å²) < 4.78 is 5.10. The Kier molecular flexibility index (Phi) is 10.6. The number of piperazine rings is 1. The number of nitro benzene ring substituents is 1. The van der Waals surface area contributed by atoms with Crippen LogP contribution in [0.5, 0.6) is 5.75 Å². The third-order valence-electron chi connectivity index (χ3n) is 7.62. The molecule has 2 heterocycles. The first-order valence-electron chi connectivity index (χ1n) is 14.2. The molecule has 0 aliphatic carbocycles. The van der Waals surface area contributed by atoms with Crippen LogP contribution in [0.2, 0.25) is 5.02 Å². The summed E-state index contributed by atoms with van der Waals surface area (Å²) in [5.41, 5.74) is 7.39. The first kappa shape index (κ1) is 33.7. The van der Waals surface area contributed by atoms with E-state index in [2.05, 4.69) is 43.8 Å². The summed E-state index contributed by atoms with van der Waals surface area (Å²) in [6, 6.07) is 16.5. The van der Waals surface area contributed by atoms with Gasteiger partial charge in [0.15, 0.2) is 0 Å². The zero-order valence-corrected chi connectivity index (χ0v) is 28.1. The van der Waals surface area contributed by atoms with Crippen LogP contribution in [-0.4, -0.2) is 61.3 Å². The van der Waals surface area contributed by atoms with Crippen molar-refractivity contribution in [1.29, 1.82) is 0 Å². The SMILES string of the molecule is COc1ccccc1C(I)/C(C(=O)N1CCN(c2cc(N=C([O-])c3ccc(N4C=NNN4)cc3)c([N+](=O)[O-])cc2Cl)CC1)=C(/C)ON. The molecule has 0 radical (unpaired) electrons. The van der Waals surface area contributed by atoms with Crippen LogP contribution in [0.4, 0.5) is 22.7 Å². The zero-order chi connectivity index (χ0) is 33.7. The van der Waals surface area contributed by atoms with Gasteiger partial charge in [0.05, 0.1) is 37.9 Å². The number of ether oxygens (including phenoxy) is 1. The first-order valence-corrected chi connectivity index (χ1v) is 15.8. The molecule has 2 aliphatic rings. The Hall–Kier alpha value is -4.65. The fourth-order valence-electron chi connectivity index (χ4n) is 5.14. The van der Waals surface area contributed by atoms with Gasteiger partial charge in [-0.05, 0) is 42.7 Å². The number of amides is 1. The predicted octanol–water partition coefficient (Wildman–Crippen LogP) is 3.46. The molecule has 0 bridgehead atoms. The molecule has 246 valence electrons. The maximum absolute atomic E-state index is 13.8. The highest BCUT2D eigenvalue weighted by Crippen LogP contribution is 2.41. The Morgan fingerprint density at radius 3 is 2.47 bits per heavy atom. The number of nitrogens with two attached hydrogens (primary N) is 1. The number of alkyl halides is 1. The van der Waals surface area contributed by atoms with Crippen LogP contribution in [0.3, 0.4) is 0 Å². The van der Waals surface area contributed by atoms with Gasteiger partial charge in [0.1, 0.15) is 23.5 Å². The molecule has 4 N–H and O–H groups in total. The predicted molar refractivity (Wildman–Crippen MR) is 185 cm³/mol. The van der Waals surface area contributed by atoms with Crippen molar-refractivity contribution in [1.82, 2.24) is 16.0 Å². The number of hydrazone groups is 1. The Balaban J connectivity index is 1.35. The van der Waals surface area contributed by atoms with Gasteiger partial charge in [0.2, 0.25) is 0 Å². The summed E-state index contributed by atoms with van der Waals surface area (Å²) in [7, 11) is 1.56.